The standard InChI is InChI=1S/C12H11F2NS/c13-10-3-2-9(6-11(10)14)7-12(8-15)4-1-5-16-12/h2-3,6H,1,4-5,7H2. The first-order valence-corrected chi connectivity index (χ1v) is 6.13. The van der Waals surface area contributed by atoms with E-state index in [0.29, 0.717) is 12.0 Å². The minimum absolute atomic E-state index is 0.440. The highest BCUT2D eigenvalue weighted by molar-refractivity contribution is 8.01. The Morgan fingerprint density at radius 3 is 2.75 bits per heavy atom. The van der Waals surface area contributed by atoms with Crippen molar-refractivity contribution in [1.82, 2.24) is 0 Å². The average molecular weight is 239 g/mol. The van der Waals surface area contributed by atoms with Crippen molar-refractivity contribution >= 4 is 11.8 Å². The molecule has 2 rings (SSSR count). The van der Waals surface area contributed by atoms with Gasteiger partial charge in [-0.3, -0.25) is 0 Å². The van der Waals surface area contributed by atoms with Crippen LogP contribution in [0.2, 0.25) is 0 Å². The molecule has 0 saturated carbocycles. The SMILES string of the molecule is N#CC1(Cc2ccc(F)c(F)c2)CCCS1. The van der Waals surface area contributed by atoms with E-state index in [0.717, 1.165) is 24.7 Å². The molecular formula is C12H11F2NS. The molecule has 1 unspecified atom stereocenters. The van der Waals surface area contributed by atoms with Crippen LogP contribution in [-0.2, 0) is 6.42 Å². The predicted molar refractivity (Wildman–Crippen MR) is 60.1 cm³/mol. The molecule has 0 spiro atoms. The zero-order valence-electron chi connectivity index (χ0n) is 8.67. The van der Waals surface area contributed by atoms with Gasteiger partial charge < -0.3 is 0 Å². The van der Waals surface area contributed by atoms with Crippen LogP contribution in [0.1, 0.15) is 18.4 Å². The molecule has 1 aromatic carbocycles. The molecule has 0 radical (unpaired) electrons. The molecule has 1 aromatic rings. The Balaban J connectivity index is 2.20. The summed E-state index contributed by atoms with van der Waals surface area (Å²) in [5.41, 5.74) is 0.690. The topological polar surface area (TPSA) is 23.8 Å². The molecule has 1 saturated heterocycles. The summed E-state index contributed by atoms with van der Waals surface area (Å²) >= 11 is 1.62. The number of halogens is 2. The summed E-state index contributed by atoms with van der Waals surface area (Å²) < 4.78 is 25.3. The first-order chi connectivity index (χ1) is 7.65. The molecule has 1 aliphatic heterocycles. The third-order valence-electron chi connectivity index (χ3n) is 2.78. The zero-order valence-corrected chi connectivity index (χ0v) is 9.49. The zero-order chi connectivity index (χ0) is 11.6. The normalized spacial score (nSPS) is 24.3. The Bertz CT molecular complexity index is 433. The minimum atomic E-state index is -0.839. The molecule has 0 bridgehead atoms. The van der Waals surface area contributed by atoms with Crippen molar-refractivity contribution in [3.05, 3.63) is 35.4 Å². The number of nitriles is 1. The van der Waals surface area contributed by atoms with Crippen LogP contribution in [-0.4, -0.2) is 10.5 Å². The van der Waals surface area contributed by atoms with E-state index in [9.17, 15) is 8.78 Å². The molecule has 1 atom stereocenters. The molecule has 0 aliphatic carbocycles. The molecule has 1 heterocycles. The van der Waals surface area contributed by atoms with Gasteiger partial charge in [-0.05, 0) is 36.3 Å². The molecule has 0 amide bonds. The molecule has 0 aromatic heterocycles. The van der Waals surface area contributed by atoms with Crippen molar-refractivity contribution in [1.29, 1.82) is 5.26 Å². The summed E-state index contributed by atoms with van der Waals surface area (Å²) in [7, 11) is 0. The Morgan fingerprint density at radius 1 is 1.38 bits per heavy atom. The van der Waals surface area contributed by atoms with Crippen LogP contribution >= 0.6 is 11.8 Å². The molecule has 4 heteroatoms. The van der Waals surface area contributed by atoms with E-state index in [-0.39, 0.29) is 0 Å². The molecular weight excluding hydrogens is 228 g/mol. The number of rotatable bonds is 2. The first kappa shape index (κ1) is 11.4. The van der Waals surface area contributed by atoms with Crippen LogP contribution in [0, 0.1) is 23.0 Å². The van der Waals surface area contributed by atoms with Gasteiger partial charge in [-0.25, -0.2) is 8.78 Å². The molecule has 1 fully saturated rings. The highest BCUT2D eigenvalue weighted by atomic mass is 32.2. The van der Waals surface area contributed by atoms with Gasteiger partial charge in [0.25, 0.3) is 0 Å². The Kier molecular flexibility index (Phi) is 3.15. The second-order valence-electron chi connectivity index (χ2n) is 3.98. The maximum atomic E-state index is 13.0. The van der Waals surface area contributed by atoms with Crippen LogP contribution in [0.15, 0.2) is 18.2 Å². The van der Waals surface area contributed by atoms with E-state index in [1.54, 1.807) is 17.8 Å². The van der Waals surface area contributed by atoms with Gasteiger partial charge in [0.05, 0.1) is 6.07 Å². The van der Waals surface area contributed by atoms with Gasteiger partial charge in [0, 0.05) is 6.42 Å². The van der Waals surface area contributed by atoms with Crippen LogP contribution in [0.25, 0.3) is 0 Å². The maximum absolute atomic E-state index is 13.0. The number of nitrogens with zero attached hydrogens (tertiary/aromatic N) is 1. The van der Waals surface area contributed by atoms with E-state index in [2.05, 4.69) is 6.07 Å². The average Bonchev–Trinajstić information content (AvgIpc) is 2.73. The van der Waals surface area contributed by atoms with Crippen LogP contribution < -0.4 is 0 Å². The molecule has 0 N–H and O–H groups in total. The third-order valence-corrected chi connectivity index (χ3v) is 4.27. The lowest BCUT2D eigenvalue weighted by atomic mass is 9.96. The van der Waals surface area contributed by atoms with E-state index in [4.69, 9.17) is 5.26 Å². The molecule has 1 aliphatic rings. The number of benzene rings is 1. The van der Waals surface area contributed by atoms with Crippen molar-refractivity contribution in [2.24, 2.45) is 0 Å². The van der Waals surface area contributed by atoms with Gasteiger partial charge in [0.2, 0.25) is 0 Å². The predicted octanol–water partition coefficient (Wildman–Crippen LogP) is 3.30. The van der Waals surface area contributed by atoms with Gasteiger partial charge in [-0.15, -0.1) is 11.8 Å². The molecule has 1 nitrogen and oxygen atoms in total. The minimum Gasteiger partial charge on any atom is -0.204 e. The quantitative estimate of drug-likeness (QED) is 0.790. The van der Waals surface area contributed by atoms with Gasteiger partial charge in [-0.1, -0.05) is 6.07 Å². The van der Waals surface area contributed by atoms with Crippen molar-refractivity contribution in [3.63, 3.8) is 0 Å². The Labute approximate surface area is 97.5 Å². The second-order valence-corrected chi connectivity index (χ2v) is 5.46. The number of hydrogen-bond donors (Lipinski definition) is 0. The van der Waals surface area contributed by atoms with Crippen molar-refractivity contribution < 1.29 is 8.78 Å². The lowest BCUT2D eigenvalue weighted by Crippen LogP contribution is -2.21. The monoisotopic (exact) mass is 239 g/mol. The molecule has 84 valence electrons. The van der Waals surface area contributed by atoms with Gasteiger partial charge in [0.15, 0.2) is 11.6 Å². The van der Waals surface area contributed by atoms with Crippen LogP contribution in [0.3, 0.4) is 0 Å². The summed E-state index contributed by atoms with van der Waals surface area (Å²) in [6, 6.07) is 6.17. The maximum Gasteiger partial charge on any atom is 0.159 e. The summed E-state index contributed by atoms with van der Waals surface area (Å²) in [5, 5.41) is 9.16. The third kappa shape index (κ3) is 2.19. The number of thioether (sulfide) groups is 1. The fourth-order valence-electron chi connectivity index (χ4n) is 1.94. The highest BCUT2D eigenvalue weighted by Gasteiger charge is 2.35. The second kappa shape index (κ2) is 4.42. The highest BCUT2D eigenvalue weighted by Crippen LogP contribution is 2.40. The summed E-state index contributed by atoms with van der Waals surface area (Å²) in [5.74, 6) is -0.709. The lowest BCUT2D eigenvalue weighted by Gasteiger charge is -2.19. The summed E-state index contributed by atoms with van der Waals surface area (Å²) in [6.45, 7) is 0. The van der Waals surface area contributed by atoms with Crippen molar-refractivity contribution in [2.45, 2.75) is 24.0 Å². The van der Waals surface area contributed by atoms with E-state index < -0.39 is 16.4 Å². The van der Waals surface area contributed by atoms with Gasteiger partial charge in [0.1, 0.15) is 4.75 Å². The van der Waals surface area contributed by atoms with Crippen LogP contribution in [0.5, 0.6) is 0 Å². The van der Waals surface area contributed by atoms with Crippen molar-refractivity contribution in [2.75, 3.05) is 5.75 Å². The fourth-order valence-corrected chi connectivity index (χ4v) is 3.25. The molecule has 16 heavy (non-hydrogen) atoms. The lowest BCUT2D eigenvalue weighted by molar-refractivity contribution is 0.506. The number of hydrogen-bond acceptors (Lipinski definition) is 2. The van der Waals surface area contributed by atoms with E-state index >= 15 is 0 Å². The van der Waals surface area contributed by atoms with E-state index in [1.165, 1.54) is 6.07 Å². The van der Waals surface area contributed by atoms with E-state index in [1.807, 2.05) is 0 Å². The van der Waals surface area contributed by atoms with Crippen LogP contribution in [0.4, 0.5) is 8.78 Å². The smallest absolute Gasteiger partial charge is 0.159 e. The largest absolute Gasteiger partial charge is 0.204 e. The summed E-state index contributed by atoms with van der Waals surface area (Å²) in [4.78, 5) is 0. The first-order valence-electron chi connectivity index (χ1n) is 5.14. The fraction of sp³-hybridized carbons (Fsp3) is 0.417. The Morgan fingerprint density at radius 2 is 2.19 bits per heavy atom. The van der Waals surface area contributed by atoms with Gasteiger partial charge >= 0.3 is 0 Å². The van der Waals surface area contributed by atoms with Crippen molar-refractivity contribution in [3.8, 4) is 6.07 Å². The van der Waals surface area contributed by atoms with Gasteiger partial charge in [-0.2, -0.15) is 5.26 Å². The Hall–Kier alpha value is -1.08. The summed E-state index contributed by atoms with van der Waals surface area (Å²) in [6.07, 6.45) is 2.33.